The SMILES string of the molecule is CC1(NC(=O)c2cc(Cl)c3ccccc3n2)CCC1. The van der Waals surface area contributed by atoms with Crippen LogP contribution in [0, 0.1) is 0 Å². The monoisotopic (exact) mass is 274 g/mol. The number of pyridine rings is 1. The summed E-state index contributed by atoms with van der Waals surface area (Å²) in [6.07, 6.45) is 3.22. The third-order valence-corrected chi connectivity index (χ3v) is 4.08. The molecule has 1 fully saturated rings. The molecule has 98 valence electrons. The third-order valence-electron chi connectivity index (χ3n) is 3.77. The molecule has 0 radical (unpaired) electrons. The van der Waals surface area contributed by atoms with Crippen LogP contribution in [-0.2, 0) is 0 Å². The first kappa shape index (κ1) is 12.4. The van der Waals surface area contributed by atoms with E-state index < -0.39 is 0 Å². The molecular formula is C15H15ClN2O. The molecule has 19 heavy (non-hydrogen) atoms. The summed E-state index contributed by atoms with van der Waals surface area (Å²) in [7, 11) is 0. The highest BCUT2D eigenvalue weighted by Gasteiger charge is 2.33. The molecule has 2 aromatic rings. The van der Waals surface area contributed by atoms with Gasteiger partial charge in [-0.05, 0) is 38.3 Å². The molecule has 0 atom stereocenters. The first-order valence-corrected chi connectivity index (χ1v) is 6.83. The van der Waals surface area contributed by atoms with Crippen LogP contribution in [-0.4, -0.2) is 16.4 Å². The Labute approximate surface area is 117 Å². The van der Waals surface area contributed by atoms with Crippen LogP contribution in [0.1, 0.15) is 36.7 Å². The lowest BCUT2D eigenvalue weighted by Gasteiger charge is -2.39. The summed E-state index contributed by atoms with van der Waals surface area (Å²) in [4.78, 5) is 16.6. The molecule has 1 saturated carbocycles. The number of carbonyl (C=O) groups is 1. The fourth-order valence-corrected chi connectivity index (χ4v) is 2.68. The molecule has 0 saturated heterocycles. The van der Waals surface area contributed by atoms with Crippen LogP contribution in [0.2, 0.25) is 5.02 Å². The Kier molecular flexibility index (Phi) is 2.94. The Bertz CT molecular complexity index is 650. The van der Waals surface area contributed by atoms with E-state index in [9.17, 15) is 4.79 Å². The molecule has 0 spiro atoms. The number of rotatable bonds is 2. The number of carbonyl (C=O) groups excluding carboxylic acids is 1. The molecule has 1 N–H and O–H groups in total. The van der Waals surface area contributed by atoms with Gasteiger partial charge in [-0.15, -0.1) is 0 Å². The molecule has 4 heteroatoms. The van der Waals surface area contributed by atoms with Gasteiger partial charge < -0.3 is 5.32 Å². The maximum absolute atomic E-state index is 12.2. The van der Waals surface area contributed by atoms with E-state index in [0.29, 0.717) is 10.7 Å². The number of amides is 1. The summed E-state index contributed by atoms with van der Waals surface area (Å²) >= 11 is 6.21. The number of hydrogen-bond acceptors (Lipinski definition) is 2. The minimum atomic E-state index is -0.144. The lowest BCUT2D eigenvalue weighted by molar-refractivity contribution is 0.0845. The zero-order valence-electron chi connectivity index (χ0n) is 10.7. The number of nitrogens with one attached hydrogen (secondary N) is 1. The number of hydrogen-bond donors (Lipinski definition) is 1. The average Bonchev–Trinajstić information content (AvgIpc) is 2.37. The van der Waals surface area contributed by atoms with Gasteiger partial charge in [0.2, 0.25) is 0 Å². The molecule has 1 aromatic heterocycles. The van der Waals surface area contributed by atoms with E-state index in [1.54, 1.807) is 6.07 Å². The summed E-state index contributed by atoms with van der Waals surface area (Å²) in [5, 5.41) is 4.48. The van der Waals surface area contributed by atoms with E-state index >= 15 is 0 Å². The van der Waals surface area contributed by atoms with Crippen LogP contribution < -0.4 is 5.32 Å². The Morgan fingerprint density at radius 1 is 1.37 bits per heavy atom. The van der Waals surface area contributed by atoms with Gasteiger partial charge in [-0.1, -0.05) is 29.8 Å². The predicted octanol–water partition coefficient (Wildman–Crippen LogP) is 3.56. The maximum atomic E-state index is 12.2. The van der Waals surface area contributed by atoms with Gasteiger partial charge in [0.15, 0.2) is 0 Å². The molecule has 3 nitrogen and oxygen atoms in total. The van der Waals surface area contributed by atoms with Crippen molar-refractivity contribution in [1.29, 1.82) is 0 Å². The van der Waals surface area contributed by atoms with Gasteiger partial charge in [-0.2, -0.15) is 0 Å². The van der Waals surface area contributed by atoms with E-state index in [4.69, 9.17) is 11.6 Å². The molecule has 0 unspecified atom stereocenters. The normalized spacial score (nSPS) is 16.9. The summed E-state index contributed by atoms with van der Waals surface area (Å²) < 4.78 is 0. The van der Waals surface area contributed by atoms with Crippen molar-refractivity contribution in [3.63, 3.8) is 0 Å². The quantitative estimate of drug-likeness (QED) is 0.910. The molecule has 1 aliphatic carbocycles. The van der Waals surface area contributed by atoms with Crippen LogP contribution in [0.5, 0.6) is 0 Å². The Morgan fingerprint density at radius 3 is 2.79 bits per heavy atom. The molecule has 1 amide bonds. The first-order valence-electron chi connectivity index (χ1n) is 6.45. The number of nitrogens with zero attached hydrogens (tertiary/aromatic N) is 1. The highest BCUT2D eigenvalue weighted by atomic mass is 35.5. The van der Waals surface area contributed by atoms with Gasteiger partial charge in [0.25, 0.3) is 5.91 Å². The van der Waals surface area contributed by atoms with E-state index in [-0.39, 0.29) is 11.4 Å². The van der Waals surface area contributed by atoms with Crippen molar-refractivity contribution in [2.24, 2.45) is 0 Å². The molecule has 1 aliphatic rings. The Hall–Kier alpha value is -1.61. The Balaban J connectivity index is 1.94. The average molecular weight is 275 g/mol. The topological polar surface area (TPSA) is 42.0 Å². The first-order chi connectivity index (χ1) is 9.07. The van der Waals surface area contributed by atoms with Crippen molar-refractivity contribution in [2.75, 3.05) is 0 Å². The number of fused-ring (bicyclic) bond motifs is 1. The molecule has 0 aliphatic heterocycles. The highest BCUT2D eigenvalue weighted by molar-refractivity contribution is 6.35. The summed E-state index contributed by atoms with van der Waals surface area (Å²) in [5.41, 5.74) is 1.06. The standard InChI is InChI=1S/C15H15ClN2O/c1-15(7-4-8-15)18-14(19)13-9-11(16)10-5-2-3-6-12(10)17-13/h2-3,5-6,9H,4,7-8H2,1H3,(H,18,19). The van der Waals surface area contributed by atoms with E-state index in [0.717, 1.165) is 23.7 Å². The van der Waals surface area contributed by atoms with Crippen LogP contribution >= 0.6 is 11.6 Å². The lowest BCUT2D eigenvalue weighted by atomic mass is 9.78. The van der Waals surface area contributed by atoms with Gasteiger partial charge in [-0.3, -0.25) is 4.79 Å². The van der Waals surface area contributed by atoms with Crippen molar-refractivity contribution in [1.82, 2.24) is 10.3 Å². The van der Waals surface area contributed by atoms with E-state index in [2.05, 4.69) is 17.2 Å². The largest absolute Gasteiger partial charge is 0.346 e. The second kappa shape index (κ2) is 4.49. The summed E-state index contributed by atoms with van der Waals surface area (Å²) in [6, 6.07) is 9.20. The van der Waals surface area contributed by atoms with Gasteiger partial charge in [0.05, 0.1) is 10.5 Å². The van der Waals surface area contributed by atoms with Crippen LogP contribution in [0.4, 0.5) is 0 Å². The van der Waals surface area contributed by atoms with E-state index in [1.165, 1.54) is 6.42 Å². The fraction of sp³-hybridized carbons (Fsp3) is 0.333. The summed E-state index contributed by atoms with van der Waals surface area (Å²) in [6.45, 7) is 2.07. The Morgan fingerprint density at radius 2 is 2.11 bits per heavy atom. The molecule has 1 aromatic carbocycles. The smallest absolute Gasteiger partial charge is 0.270 e. The van der Waals surface area contributed by atoms with Gasteiger partial charge in [0, 0.05) is 10.9 Å². The van der Waals surface area contributed by atoms with Gasteiger partial charge in [0.1, 0.15) is 5.69 Å². The van der Waals surface area contributed by atoms with Crippen LogP contribution in [0.25, 0.3) is 10.9 Å². The second-order valence-electron chi connectivity index (χ2n) is 5.37. The minimum absolute atomic E-state index is 0.0725. The third kappa shape index (κ3) is 2.30. The maximum Gasteiger partial charge on any atom is 0.270 e. The number of para-hydroxylation sites is 1. The van der Waals surface area contributed by atoms with Crippen molar-refractivity contribution in [2.45, 2.75) is 31.7 Å². The minimum Gasteiger partial charge on any atom is -0.346 e. The summed E-state index contributed by atoms with van der Waals surface area (Å²) in [5.74, 6) is -0.144. The van der Waals surface area contributed by atoms with Crippen LogP contribution in [0.3, 0.4) is 0 Å². The number of aromatic nitrogens is 1. The van der Waals surface area contributed by atoms with Crippen molar-refractivity contribution >= 4 is 28.4 Å². The zero-order chi connectivity index (χ0) is 13.5. The molecular weight excluding hydrogens is 260 g/mol. The number of halogens is 1. The molecule has 0 bridgehead atoms. The van der Waals surface area contributed by atoms with Crippen molar-refractivity contribution < 1.29 is 4.79 Å². The van der Waals surface area contributed by atoms with Crippen molar-refractivity contribution in [3.8, 4) is 0 Å². The van der Waals surface area contributed by atoms with Gasteiger partial charge in [-0.25, -0.2) is 4.98 Å². The van der Waals surface area contributed by atoms with E-state index in [1.807, 2.05) is 24.3 Å². The highest BCUT2D eigenvalue weighted by Crippen LogP contribution is 2.31. The zero-order valence-corrected chi connectivity index (χ0v) is 11.5. The number of benzene rings is 1. The predicted molar refractivity (Wildman–Crippen MR) is 76.5 cm³/mol. The second-order valence-corrected chi connectivity index (χ2v) is 5.78. The fourth-order valence-electron chi connectivity index (χ4n) is 2.42. The van der Waals surface area contributed by atoms with Crippen molar-refractivity contribution in [3.05, 3.63) is 41.0 Å². The van der Waals surface area contributed by atoms with Crippen LogP contribution in [0.15, 0.2) is 30.3 Å². The molecule has 3 rings (SSSR count). The van der Waals surface area contributed by atoms with Gasteiger partial charge >= 0.3 is 0 Å². The molecule has 1 heterocycles. The lowest BCUT2D eigenvalue weighted by Crippen LogP contribution is -2.51.